The number of hydrogen-bond acceptors (Lipinski definition) is 4. The zero-order valence-corrected chi connectivity index (χ0v) is 11.1. The first-order valence-corrected chi connectivity index (χ1v) is 6.31. The van der Waals surface area contributed by atoms with E-state index in [4.69, 9.17) is 0 Å². The molecule has 0 radical (unpaired) electrons. The van der Waals surface area contributed by atoms with Gasteiger partial charge in [0.2, 0.25) is 5.91 Å². The van der Waals surface area contributed by atoms with Crippen LogP contribution >= 0.6 is 0 Å². The number of methoxy groups -OCH3 is 1. The highest BCUT2D eigenvalue weighted by Crippen LogP contribution is 2.18. The summed E-state index contributed by atoms with van der Waals surface area (Å²) in [6, 6.07) is 6.68. The minimum absolute atomic E-state index is 0.000263. The maximum absolute atomic E-state index is 12.1. The molecule has 102 valence electrons. The summed E-state index contributed by atoms with van der Waals surface area (Å²) in [6.45, 7) is 3.65. The predicted octanol–water partition coefficient (Wildman–Crippen LogP) is 1.27. The van der Waals surface area contributed by atoms with Gasteiger partial charge in [0.1, 0.15) is 0 Å². The third kappa shape index (κ3) is 3.12. The van der Waals surface area contributed by atoms with Gasteiger partial charge in [-0.15, -0.1) is 0 Å². The van der Waals surface area contributed by atoms with E-state index in [0.29, 0.717) is 23.7 Å². The molecule has 5 heteroatoms. The Morgan fingerprint density at radius 2 is 1.95 bits per heavy atom. The highest BCUT2D eigenvalue weighted by molar-refractivity contribution is 5.94. The summed E-state index contributed by atoms with van der Waals surface area (Å²) in [4.78, 5) is 23.3. The van der Waals surface area contributed by atoms with Gasteiger partial charge in [0, 0.05) is 12.2 Å². The van der Waals surface area contributed by atoms with Crippen LogP contribution in [0.25, 0.3) is 0 Å². The first kappa shape index (κ1) is 13.5. The molecule has 1 amide bonds. The average molecular weight is 262 g/mol. The molecule has 19 heavy (non-hydrogen) atoms. The Bertz CT molecular complexity index is 470. The average Bonchev–Trinajstić information content (AvgIpc) is 2.85. The highest BCUT2D eigenvalue weighted by atomic mass is 16.5. The van der Waals surface area contributed by atoms with Crippen LogP contribution in [0.2, 0.25) is 0 Å². The molecular weight excluding hydrogens is 244 g/mol. The van der Waals surface area contributed by atoms with E-state index in [9.17, 15) is 9.59 Å². The molecule has 1 saturated heterocycles. The smallest absolute Gasteiger partial charge is 0.337 e. The molecule has 0 spiro atoms. The molecule has 0 aliphatic carbocycles. The van der Waals surface area contributed by atoms with Gasteiger partial charge in [0.05, 0.1) is 18.6 Å². The minimum Gasteiger partial charge on any atom is -0.465 e. The van der Waals surface area contributed by atoms with Gasteiger partial charge >= 0.3 is 5.97 Å². The van der Waals surface area contributed by atoms with Gasteiger partial charge in [-0.3, -0.25) is 4.79 Å². The zero-order chi connectivity index (χ0) is 13.8. The third-order valence-corrected chi connectivity index (χ3v) is 3.43. The SMILES string of the molecule is COC(=O)c1ccc(NC(=O)[C@@H]2CNC[C@H]2C)cc1. The number of amides is 1. The molecule has 1 heterocycles. The van der Waals surface area contributed by atoms with Crippen molar-refractivity contribution in [3.63, 3.8) is 0 Å². The second-order valence-electron chi connectivity index (χ2n) is 4.80. The maximum atomic E-state index is 12.1. The second kappa shape index (κ2) is 5.84. The number of ether oxygens (including phenoxy) is 1. The van der Waals surface area contributed by atoms with Crippen molar-refractivity contribution in [2.24, 2.45) is 11.8 Å². The summed E-state index contributed by atoms with van der Waals surface area (Å²) in [6.07, 6.45) is 0. The van der Waals surface area contributed by atoms with Crippen molar-refractivity contribution < 1.29 is 14.3 Å². The number of benzene rings is 1. The number of esters is 1. The fraction of sp³-hybridized carbons (Fsp3) is 0.429. The molecule has 1 aliphatic heterocycles. The summed E-state index contributed by atoms with van der Waals surface area (Å²) < 4.78 is 4.62. The van der Waals surface area contributed by atoms with E-state index in [1.807, 2.05) is 0 Å². The van der Waals surface area contributed by atoms with Crippen LogP contribution in [0.4, 0.5) is 5.69 Å². The van der Waals surface area contributed by atoms with E-state index in [-0.39, 0.29) is 17.8 Å². The summed E-state index contributed by atoms with van der Waals surface area (Å²) >= 11 is 0. The Morgan fingerprint density at radius 1 is 1.26 bits per heavy atom. The van der Waals surface area contributed by atoms with Gasteiger partial charge in [-0.05, 0) is 36.7 Å². The van der Waals surface area contributed by atoms with Crippen LogP contribution in [-0.2, 0) is 9.53 Å². The summed E-state index contributed by atoms with van der Waals surface area (Å²) in [5, 5.41) is 6.07. The number of carbonyl (C=O) groups is 2. The Kier molecular flexibility index (Phi) is 4.16. The number of hydrogen-bond donors (Lipinski definition) is 2. The lowest BCUT2D eigenvalue weighted by molar-refractivity contribution is -0.120. The Hall–Kier alpha value is -1.88. The Labute approximate surface area is 112 Å². The number of anilines is 1. The number of nitrogens with one attached hydrogen (secondary N) is 2. The molecule has 1 aromatic carbocycles. The fourth-order valence-corrected chi connectivity index (χ4v) is 2.20. The van der Waals surface area contributed by atoms with Crippen LogP contribution in [0, 0.1) is 11.8 Å². The molecule has 0 saturated carbocycles. The van der Waals surface area contributed by atoms with E-state index >= 15 is 0 Å². The number of carbonyl (C=O) groups excluding carboxylic acids is 2. The lowest BCUT2D eigenvalue weighted by atomic mass is 9.97. The predicted molar refractivity (Wildman–Crippen MR) is 71.9 cm³/mol. The largest absolute Gasteiger partial charge is 0.465 e. The summed E-state index contributed by atoms with van der Waals surface area (Å²) in [5.41, 5.74) is 1.16. The zero-order valence-electron chi connectivity index (χ0n) is 11.1. The van der Waals surface area contributed by atoms with Crippen LogP contribution in [0.3, 0.4) is 0 Å². The first-order valence-electron chi connectivity index (χ1n) is 6.31. The molecule has 2 atom stereocenters. The molecular formula is C14H18N2O3. The van der Waals surface area contributed by atoms with Crippen molar-refractivity contribution in [3.05, 3.63) is 29.8 Å². The maximum Gasteiger partial charge on any atom is 0.337 e. The van der Waals surface area contributed by atoms with Gasteiger partial charge < -0.3 is 15.4 Å². The minimum atomic E-state index is -0.383. The van der Waals surface area contributed by atoms with E-state index in [1.54, 1.807) is 24.3 Å². The summed E-state index contributed by atoms with van der Waals surface area (Å²) in [5.74, 6) is -0.0237. The Balaban J connectivity index is 1.99. The fourth-order valence-electron chi connectivity index (χ4n) is 2.20. The lowest BCUT2D eigenvalue weighted by Gasteiger charge is -2.14. The quantitative estimate of drug-likeness (QED) is 0.805. The van der Waals surface area contributed by atoms with Gasteiger partial charge in [-0.2, -0.15) is 0 Å². The molecule has 2 rings (SSSR count). The molecule has 5 nitrogen and oxygen atoms in total. The van der Waals surface area contributed by atoms with Crippen molar-refractivity contribution in [2.75, 3.05) is 25.5 Å². The van der Waals surface area contributed by atoms with Crippen LogP contribution < -0.4 is 10.6 Å². The second-order valence-corrected chi connectivity index (χ2v) is 4.80. The number of rotatable bonds is 3. The molecule has 0 aromatic heterocycles. The van der Waals surface area contributed by atoms with E-state index < -0.39 is 0 Å². The van der Waals surface area contributed by atoms with Crippen molar-refractivity contribution in [3.8, 4) is 0 Å². The van der Waals surface area contributed by atoms with Gasteiger partial charge in [-0.25, -0.2) is 4.79 Å². The van der Waals surface area contributed by atoms with E-state index in [2.05, 4.69) is 22.3 Å². The molecule has 1 aromatic rings. The summed E-state index contributed by atoms with van der Waals surface area (Å²) in [7, 11) is 1.34. The molecule has 0 unspecified atom stereocenters. The van der Waals surface area contributed by atoms with Crippen LogP contribution in [0.1, 0.15) is 17.3 Å². The normalized spacial score (nSPS) is 22.0. The van der Waals surface area contributed by atoms with E-state index in [1.165, 1.54) is 7.11 Å². The van der Waals surface area contributed by atoms with E-state index in [0.717, 1.165) is 6.54 Å². The van der Waals surface area contributed by atoms with Crippen molar-refractivity contribution >= 4 is 17.6 Å². The standard InChI is InChI=1S/C14H18N2O3/c1-9-7-15-8-12(9)13(17)16-11-5-3-10(4-6-11)14(18)19-2/h3-6,9,12,15H,7-8H2,1-2H3,(H,16,17)/t9-,12-/m1/s1. The van der Waals surface area contributed by atoms with Gasteiger partial charge in [-0.1, -0.05) is 6.92 Å². The monoisotopic (exact) mass is 262 g/mol. The molecule has 0 bridgehead atoms. The molecule has 1 aliphatic rings. The van der Waals surface area contributed by atoms with Crippen molar-refractivity contribution in [1.82, 2.24) is 5.32 Å². The van der Waals surface area contributed by atoms with Crippen molar-refractivity contribution in [1.29, 1.82) is 0 Å². The first-order chi connectivity index (χ1) is 9.11. The molecule has 2 N–H and O–H groups in total. The van der Waals surface area contributed by atoms with Crippen molar-refractivity contribution in [2.45, 2.75) is 6.92 Å². The highest BCUT2D eigenvalue weighted by Gasteiger charge is 2.29. The van der Waals surface area contributed by atoms with Gasteiger partial charge in [0.25, 0.3) is 0 Å². The van der Waals surface area contributed by atoms with Crippen LogP contribution in [0.15, 0.2) is 24.3 Å². The third-order valence-electron chi connectivity index (χ3n) is 3.43. The Morgan fingerprint density at radius 3 is 2.47 bits per heavy atom. The topological polar surface area (TPSA) is 67.4 Å². The lowest BCUT2D eigenvalue weighted by Crippen LogP contribution is -2.27. The van der Waals surface area contributed by atoms with Crippen LogP contribution in [-0.4, -0.2) is 32.1 Å². The van der Waals surface area contributed by atoms with Crippen LogP contribution in [0.5, 0.6) is 0 Å². The van der Waals surface area contributed by atoms with Gasteiger partial charge in [0.15, 0.2) is 0 Å². The molecule has 1 fully saturated rings.